The van der Waals surface area contributed by atoms with Gasteiger partial charge in [-0.05, 0) is 32.0 Å². The van der Waals surface area contributed by atoms with Crippen LogP contribution in [0.4, 0.5) is 0 Å². The van der Waals surface area contributed by atoms with Gasteiger partial charge in [0.25, 0.3) is 5.91 Å². The number of amides is 1. The summed E-state index contributed by atoms with van der Waals surface area (Å²) in [5.74, 6) is -0.128. The maximum absolute atomic E-state index is 12.4. The molecule has 0 aliphatic carbocycles. The third kappa shape index (κ3) is 4.21. The van der Waals surface area contributed by atoms with Crippen molar-refractivity contribution in [1.82, 2.24) is 20.3 Å². The lowest BCUT2D eigenvalue weighted by atomic mass is 10.2. The Morgan fingerprint density at radius 3 is 2.83 bits per heavy atom. The Morgan fingerprint density at radius 2 is 2.14 bits per heavy atom. The lowest BCUT2D eigenvalue weighted by molar-refractivity contribution is 0.0516. The SMILES string of the molecule is CCOC(=O)c1[nH]cnc1C(=O)NCc1nc(-c2ccc(OC)c(O)c2)oc1C. The van der Waals surface area contributed by atoms with Crippen molar-refractivity contribution in [1.29, 1.82) is 0 Å². The number of hydrogen-bond acceptors (Lipinski definition) is 8. The van der Waals surface area contributed by atoms with Crippen LogP contribution in [0, 0.1) is 6.92 Å². The van der Waals surface area contributed by atoms with E-state index < -0.39 is 11.9 Å². The van der Waals surface area contributed by atoms with E-state index in [1.165, 1.54) is 19.5 Å². The number of aromatic hydroxyl groups is 1. The zero-order valence-corrected chi connectivity index (χ0v) is 16.1. The number of aromatic nitrogens is 3. The number of aromatic amines is 1. The third-order valence-electron chi connectivity index (χ3n) is 4.07. The lowest BCUT2D eigenvalue weighted by Crippen LogP contribution is -2.26. The standard InChI is InChI=1S/C19H20N4O6/c1-4-28-19(26)16-15(21-9-22-16)17(25)20-8-12-10(2)29-18(23-12)11-5-6-14(27-3)13(24)7-11/h5-7,9,24H,4,8H2,1-3H3,(H,20,25)(H,21,22). The second-order valence-electron chi connectivity index (χ2n) is 5.94. The van der Waals surface area contributed by atoms with Crippen LogP contribution in [-0.2, 0) is 11.3 Å². The highest BCUT2D eigenvalue weighted by molar-refractivity contribution is 6.02. The number of nitrogens with zero attached hydrogens (tertiary/aromatic N) is 2. The molecule has 0 fully saturated rings. The molecule has 152 valence electrons. The van der Waals surface area contributed by atoms with E-state index in [1.54, 1.807) is 26.0 Å². The van der Waals surface area contributed by atoms with Crippen molar-refractivity contribution in [3.63, 3.8) is 0 Å². The number of phenols is 1. The Labute approximate surface area is 165 Å². The summed E-state index contributed by atoms with van der Waals surface area (Å²) in [7, 11) is 1.46. The van der Waals surface area contributed by atoms with Gasteiger partial charge in [0.2, 0.25) is 5.89 Å². The number of carbonyl (C=O) groups excluding carboxylic acids is 2. The van der Waals surface area contributed by atoms with Crippen LogP contribution in [0.25, 0.3) is 11.5 Å². The first kappa shape index (κ1) is 19.9. The molecular weight excluding hydrogens is 380 g/mol. The van der Waals surface area contributed by atoms with Crippen molar-refractivity contribution >= 4 is 11.9 Å². The summed E-state index contributed by atoms with van der Waals surface area (Å²) in [6, 6.07) is 4.77. The summed E-state index contributed by atoms with van der Waals surface area (Å²) in [4.78, 5) is 35.1. The van der Waals surface area contributed by atoms with E-state index in [-0.39, 0.29) is 36.2 Å². The molecule has 0 saturated carbocycles. The van der Waals surface area contributed by atoms with Crippen LogP contribution in [0.3, 0.4) is 0 Å². The fourth-order valence-electron chi connectivity index (χ4n) is 2.61. The van der Waals surface area contributed by atoms with Crippen LogP contribution in [-0.4, -0.2) is 45.7 Å². The Bertz CT molecular complexity index is 1040. The molecule has 0 aliphatic rings. The van der Waals surface area contributed by atoms with Crippen LogP contribution in [0.5, 0.6) is 11.5 Å². The highest BCUT2D eigenvalue weighted by atomic mass is 16.5. The molecule has 1 amide bonds. The first-order valence-electron chi connectivity index (χ1n) is 8.77. The number of ether oxygens (including phenoxy) is 2. The van der Waals surface area contributed by atoms with Crippen molar-refractivity contribution in [2.45, 2.75) is 20.4 Å². The van der Waals surface area contributed by atoms with Crippen LogP contribution in [0.15, 0.2) is 28.9 Å². The van der Waals surface area contributed by atoms with Gasteiger partial charge in [-0.3, -0.25) is 4.79 Å². The summed E-state index contributed by atoms with van der Waals surface area (Å²) in [6.07, 6.45) is 1.25. The van der Waals surface area contributed by atoms with Crippen LogP contribution >= 0.6 is 0 Å². The minimum absolute atomic E-state index is 0.0179. The Morgan fingerprint density at radius 1 is 1.34 bits per heavy atom. The van der Waals surface area contributed by atoms with Crippen LogP contribution < -0.4 is 10.1 Å². The number of phenolic OH excluding ortho intramolecular Hbond substituents is 1. The predicted molar refractivity (Wildman–Crippen MR) is 101 cm³/mol. The van der Waals surface area contributed by atoms with E-state index in [4.69, 9.17) is 13.9 Å². The molecule has 0 unspecified atom stereocenters. The fourth-order valence-corrected chi connectivity index (χ4v) is 2.61. The van der Waals surface area contributed by atoms with Gasteiger partial charge in [0.1, 0.15) is 11.5 Å². The summed E-state index contributed by atoms with van der Waals surface area (Å²) in [5.41, 5.74) is 0.971. The van der Waals surface area contributed by atoms with Crippen molar-refractivity contribution in [2.24, 2.45) is 0 Å². The first-order valence-corrected chi connectivity index (χ1v) is 8.77. The zero-order valence-electron chi connectivity index (χ0n) is 16.1. The number of benzene rings is 1. The van der Waals surface area contributed by atoms with E-state index in [1.807, 2.05) is 0 Å². The van der Waals surface area contributed by atoms with Gasteiger partial charge >= 0.3 is 5.97 Å². The number of rotatable bonds is 7. The number of methoxy groups -OCH3 is 1. The van der Waals surface area contributed by atoms with Gasteiger partial charge in [-0.15, -0.1) is 0 Å². The summed E-state index contributed by atoms with van der Waals surface area (Å²) in [6.45, 7) is 3.62. The molecule has 0 radical (unpaired) electrons. The molecule has 29 heavy (non-hydrogen) atoms. The van der Waals surface area contributed by atoms with Gasteiger partial charge < -0.3 is 29.3 Å². The second-order valence-corrected chi connectivity index (χ2v) is 5.94. The summed E-state index contributed by atoms with van der Waals surface area (Å²) < 4.78 is 15.5. The summed E-state index contributed by atoms with van der Waals surface area (Å²) in [5, 5.41) is 12.6. The molecule has 0 spiro atoms. The minimum Gasteiger partial charge on any atom is -0.504 e. The monoisotopic (exact) mass is 400 g/mol. The highest BCUT2D eigenvalue weighted by Crippen LogP contribution is 2.31. The zero-order chi connectivity index (χ0) is 21.0. The molecule has 2 heterocycles. The molecule has 0 bridgehead atoms. The molecule has 3 rings (SSSR count). The van der Waals surface area contributed by atoms with Crippen molar-refractivity contribution in [3.05, 3.63) is 47.4 Å². The number of hydrogen-bond donors (Lipinski definition) is 3. The molecule has 10 nitrogen and oxygen atoms in total. The number of H-pyrrole nitrogens is 1. The van der Waals surface area contributed by atoms with Gasteiger partial charge in [-0.25, -0.2) is 14.8 Å². The maximum atomic E-state index is 12.4. The van der Waals surface area contributed by atoms with Crippen LogP contribution in [0.1, 0.15) is 39.4 Å². The van der Waals surface area contributed by atoms with E-state index in [9.17, 15) is 14.7 Å². The van der Waals surface area contributed by atoms with Crippen molar-refractivity contribution in [3.8, 4) is 23.0 Å². The predicted octanol–water partition coefficient (Wildman–Crippen LogP) is 2.19. The molecule has 0 aliphatic heterocycles. The van der Waals surface area contributed by atoms with Gasteiger partial charge in [0.15, 0.2) is 22.9 Å². The van der Waals surface area contributed by atoms with Gasteiger partial charge in [0.05, 0.1) is 26.6 Å². The Hall–Kier alpha value is -3.82. The lowest BCUT2D eigenvalue weighted by Gasteiger charge is -2.04. The Balaban J connectivity index is 1.72. The molecule has 10 heteroatoms. The normalized spacial score (nSPS) is 10.6. The van der Waals surface area contributed by atoms with Crippen molar-refractivity contribution in [2.75, 3.05) is 13.7 Å². The number of carbonyl (C=O) groups is 2. The van der Waals surface area contributed by atoms with Gasteiger partial charge in [0, 0.05) is 5.56 Å². The smallest absolute Gasteiger partial charge is 0.357 e. The number of aryl methyl sites for hydroxylation is 1. The van der Waals surface area contributed by atoms with E-state index in [0.717, 1.165) is 0 Å². The minimum atomic E-state index is -0.658. The molecule has 0 atom stereocenters. The van der Waals surface area contributed by atoms with Gasteiger partial charge in [-0.1, -0.05) is 0 Å². The maximum Gasteiger partial charge on any atom is 0.357 e. The molecule has 0 saturated heterocycles. The van der Waals surface area contributed by atoms with Crippen molar-refractivity contribution < 1.29 is 28.6 Å². The van der Waals surface area contributed by atoms with Crippen LogP contribution in [0.2, 0.25) is 0 Å². The average Bonchev–Trinajstić information content (AvgIpc) is 3.33. The summed E-state index contributed by atoms with van der Waals surface area (Å²) >= 11 is 0. The number of nitrogens with one attached hydrogen (secondary N) is 2. The quantitative estimate of drug-likeness (QED) is 0.513. The van der Waals surface area contributed by atoms with Gasteiger partial charge in [-0.2, -0.15) is 0 Å². The molecule has 3 N–H and O–H groups in total. The molecule has 3 aromatic rings. The van der Waals surface area contributed by atoms with E-state index in [0.29, 0.717) is 22.8 Å². The molecule has 2 aromatic heterocycles. The topological polar surface area (TPSA) is 140 Å². The molecule has 1 aromatic carbocycles. The third-order valence-corrected chi connectivity index (χ3v) is 4.07. The van der Waals surface area contributed by atoms with E-state index in [2.05, 4.69) is 20.3 Å². The second kappa shape index (κ2) is 8.46. The number of imidazole rings is 1. The highest BCUT2D eigenvalue weighted by Gasteiger charge is 2.22. The fraction of sp³-hybridized carbons (Fsp3) is 0.263. The number of esters is 1. The number of oxazole rings is 1. The molecular formula is C19H20N4O6. The Kier molecular flexibility index (Phi) is 5.82. The largest absolute Gasteiger partial charge is 0.504 e. The van der Waals surface area contributed by atoms with E-state index >= 15 is 0 Å². The first-order chi connectivity index (χ1) is 13.9. The average molecular weight is 400 g/mol.